The standard InChI is InChI=1S/C21H27N3O3S/c1-16(20(25)23-9-12-26-13-10-23)28-21-22-14-19(17-6-3-2-4-7-17)24(21)15-18-8-5-11-27-18/h2-4,6-7,14,16,18H,5,8-13,15H2,1H3. The van der Waals surface area contributed by atoms with Gasteiger partial charge in [-0.25, -0.2) is 4.98 Å². The third-order valence-corrected chi connectivity index (χ3v) is 6.34. The highest BCUT2D eigenvalue weighted by molar-refractivity contribution is 8.00. The van der Waals surface area contributed by atoms with Crippen molar-refractivity contribution in [3.05, 3.63) is 36.5 Å². The summed E-state index contributed by atoms with van der Waals surface area (Å²) in [6, 6.07) is 10.3. The van der Waals surface area contributed by atoms with Crippen LogP contribution in [0.15, 0.2) is 41.7 Å². The van der Waals surface area contributed by atoms with E-state index in [9.17, 15) is 4.79 Å². The van der Waals surface area contributed by atoms with Crippen molar-refractivity contribution in [3.8, 4) is 11.3 Å². The number of ether oxygens (including phenoxy) is 2. The second-order valence-corrected chi connectivity index (χ2v) is 8.54. The Hall–Kier alpha value is -1.83. The van der Waals surface area contributed by atoms with Gasteiger partial charge in [-0.15, -0.1) is 0 Å². The van der Waals surface area contributed by atoms with Gasteiger partial charge >= 0.3 is 0 Å². The van der Waals surface area contributed by atoms with Crippen LogP contribution >= 0.6 is 11.8 Å². The molecule has 1 aromatic carbocycles. The molecular formula is C21H27N3O3S. The largest absolute Gasteiger partial charge is 0.378 e. The Morgan fingerprint density at radius 2 is 2.04 bits per heavy atom. The van der Waals surface area contributed by atoms with Gasteiger partial charge in [0.25, 0.3) is 0 Å². The van der Waals surface area contributed by atoms with Crippen LogP contribution in [0.2, 0.25) is 0 Å². The molecule has 150 valence electrons. The fourth-order valence-electron chi connectivity index (χ4n) is 3.71. The molecule has 7 heteroatoms. The summed E-state index contributed by atoms with van der Waals surface area (Å²) < 4.78 is 13.5. The van der Waals surface area contributed by atoms with E-state index in [1.807, 2.05) is 36.2 Å². The van der Waals surface area contributed by atoms with Crippen molar-refractivity contribution in [1.82, 2.24) is 14.5 Å². The maximum atomic E-state index is 12.8. The average molecular weight is 402 g/mol. The molecule has 2 aliphatic rings. The topological polar surface area (TPSA) is 56.6 Å². The van der Waals surface area contributed by atoms with E-state index < -0.39 is 0 Å². The van der Waals surface area contributed by atoms with Crippen LogP contribution in [0, 0.1) is 0 Å². The van der Waals surface area contributed by atoms with Gasteiger partial charge in [0.15, 0.2) is 5.16 Å². The molecule has 2 fully saturated rings. The smallest absolute Gasteiger partial charge is 0.236 e. The highest BCUT2D eigenvalue weighted by Gasteiger charge is 2.26. The third-order valence-electron chi connectivity index (χ3n) is 5.25. The summed E-state index contributed by atoms with van der Waals surface area (Å²) in [5, 5.41) is 0.691. The van der Waals surface area contributed by atoms with Gasteiger partial charge in [-0.1, -0.05) is 42.1 Å². The number of morpholine rings is 1. The first-order valence-electron chi connectivity index (χ1n) is 9.98. The quantitative estimate of drug-likeness (QED) is 0.697. The second kappa shape index (κ2) is 9.11. The Balaban J connectivity index is 1.55. The van der Waals surface area contributed by atoms with Gasteiger partial charge in [0.05, 0.1) is 43.0 Å². The monoisotopic (exact) mass is 401 g/mol. The van der Waals surface area contributed by atoms with E-state index >= 15 is 0 Å². The minimum absolute atomic E-state index is 0.154. The molecule has 0 aliphatic carbocycles. The van der Waals surface area contributed by atoms with E-state index in [1.54, 1.807) is 0 Å². The van der Waals surface area contributed by atoms with Gasteiger partial charge in [-0.2, -0.15) is 0 Å². The van der Waals surface area contributed by atoms with E-state index in [0.717, 1.165) is 42.4 Å². The summed E-state index contributed by atoms with van der Waals surface area (Å²) in [6.45, 7) is 6.14. The summed E-state index contributed by atoms with van der Waals surface area (Å²) in [6.07, 6.45) is 4.30. The average Bonchev–Trinajstić information content (AvgIpc) is 3.39. The molecule has 2 atom stereocenters. The van der Waals surface area contributed by atoms with E-state index in [-0.39, 0.29) is 17.3 Å². The lowest BCUT2D eigenvalue weighted by Gasteiger charge is -2.29. The number of imidazole rings is 1. The first kappa shape index (κ1) is 19.5. The van der Waals surface area contributed by atoms with Gasteiger partial charge in [-0.3, -0.25) is 4.79 Å². The van der Waals surface area contributed by atoms with Crippen LogP contribution in [0.3, 0.4) is 0 Å². The van der Waals surface area contributed by atoms with E-state index in [4.69, 9.17) is 9.47 Å². The minimum Gasteiger partial charge on any atom is -0.378 e. The summed E-state index contributed by atoms with van der Waals surface area (Å²) in [5.41, 5.74) is 2.21. The summed E-state index contributed by atoms with van der Waals surface area (Å²) in [5.74, 6) is 0.154. The normalized spacial score (nSPS) is 21.0. The number of aromatic nitrogens is 2. The molecule has 4 rings (SSSR count). The summed E-state index contributed by atoms with van der Waals surface area (Å²) in [4.78, 5) is 19.4. The maximum absolute atomic E-state index is 12.8. The van der Waals surface area contributed by atoms with Crippen LogP contribution in [-0.2, 0) is 20.8 Å². The lowest BCUT2D eigenvalue weighted by atomic mass is 10.1. The van der Waals surface area contributed by atoms with Crippen LogP contribution in [0.25, 0.3) is 11.3 Å². The van der Waals surface area contributed by atoms with E-state index in [2.05, 4.69) is 21.7 Å². The molecule has 3 heterocycles. The first-order valence-corrected chi connectivity index (χ1v) is 10.9. The molecule has 2 aromatic rings. The van der Waals surface area contributed by atoms with Crippen molar-refractivity contribution < 1.29 is 14.3 Å². The zero-order valence-electron chi connectivity index (χ0n) is 16.3. The predicted octanol–water partition coefficient (Wildman–Crippen LogP) is 3.07. The number of rotatable bonds is 6. The van der Waals surface area contributed by atoms with Crippen molar-refractivity contribution in [1.29, 1.82) is 0 Å². The molecule has 2 unspecified atom stereocenters. The zero-order chi connectivity index (χ0) is 19.3. The number of nitrogens with zero attached hydrogens (tertiary/aromatic N) is 3. The van der Waals surface area contributed by atoms with Crippen molar-refractivity contribution in [2.75, 3.05) is 32.9 Å². The maximum Gasteiger partial charge on any atom is 0.236 e. The minimum atomic E-state index is -0.188. The van der Waals surface area contributed by atoms with Crippen molar-refractivity contribution >= 4 is 17.7 Å². The van der Waals surface area contributed by atoms with Crippen molar-refractivity contribution in [2.24, 2.45) is 0 Å². The molecule has 6 nitrogen and oxygen atoms in total. The lowest BCUT2D eigenvalue weighted by molar-refractivity contribution is -0.134. The van der Waals surface area contributed by atoms with Crippen molar-refractivity contribution in [2.45, 2.75) is 42.8 Å². The molecule has 28 heavy (non-hydrogen) atoms. The van der Waals surface area contributed by atoms with Gasteiger partial charge < -0.3 is 18.9 Å². The Morgan fingerprint density at radius 3 is 2.75 bits per heavy atom. The number of thioether (sulfide) groups is 1. The van der Waals surface area contributed by atoms with Crippen molar-refractivity contribution in [3.63, 3.8) is 0 Å². The van der Waals surface area contributed by atoms with Crippen LogP contribution in [0.4, 0.5) is 0 Å². The molecule has 1 aromatic heterocycles. The molecule has 1 amide bonds. The summed E-state index contributed by atoms with van der Waals surface area (Å²) >= 11 is 1.54. The molecule has 0 saturated carbocycles. The molecule has 0 N–H and O–H groups in total. The molecule has 0 bridgehead atoms. The highest BCUT2D eigenvalue weighted by atomic mass is 32.2. The van der Waals surface area contributed by atoms with E-state index in [0.29, 0.717) is 26.3 Å². The van der Waals surface area contributed by atoms with Crippen LogP contribution in [-0.4, -0.2) is 64.6 Å². The summed E-state index contributed by atoms with van der Waals surface area (Å²) in [7, 11) is 0. The van der Waals surface area contributed by atoms with Crippen LogP contribution in [0.5, 0.6) is 0 Å². The number of carbonyl (C=O) groups excluding carboxylic acids is 1. The predicted molar refractivity (Wildman–Crippen MR) is 109 cm³/mol. The Kier molecular flexibility index (Phi) is 6.34. The highest BCUT2D eigenvalue weighted by Crippen LogP contribution is 2.31. The first-order chi connectivity index (χ1) is 13.7. The SMILES string of the molecule is CC(Sc1ncc(-c2ccccc2)n1CC1CCCO1)C(=O)N1CCOCC1. The Morgan fingerprint density at radius 1 is 1.25 bits per heavy atom. The zero-order valence-corrected chi connectivity index (χ0v) is 17.1. The Labute approximate surface area is 170 Å². The molecule has 2 saturated heterocycles. The second-order valence-electron chi connectivity index (χ2n) is 7.24. The number of benzene rings is 1. The van der Waals surface area contributed by atoms with Gasteiger partial charge in [0.2, 0.25) is 5.91 Å². The molecule has 2 aliphatic heterocycles. The number of amides is 1. The fraction of sp³-hybridized carbons (Fsp3) is 0.524. The van der Waals surface area contributed by atoms with Crippen LogP contribution in [0.1, 0.15) is 19.8 Å². The molecule has 0 radical (unpaired) electrons. The van der Waals surface area contributed by atoms with E-state index in [1.165, 1.54) is 11.8 Å². The van der Waals surface area contributed by atoms with Gasteiger partial charge in [-0.05, 0) is 25.3 Å². The fourth-order valence-corrected chi connectivity index (χ4v) is 4.69. The molecular weight excluding hydrogens is 374 g/mol. The molecule has 0 spiro atoms. The lowest BCUT2D eigenvalue weighted by Crippen LogP contribution is -2.44. The number of carbonyl (C=O) groups is 1. The number of hydrogen-bond acceptors (Lipinski definition) is 5. The van der Waals surface area contributed by atoms with Gasteiger partial charge in [0, 0.05) is 19.7 Å². The third kappa shape index (κ3) is 4.42. The number of hydrogen-bond donors (Lipinski definition) is 0. The van der Waals surface area contributed by atoms with Gasteiger partial charge in [0.1, 0.15) is 0 Å². The van der Waals surface area contributed by atoms with Crippen LogP contribution < -0.4 is 0 Å². The Bertz CT molecular complexity index is 783.